The maximum absolute atomic E-state index is 5.99. The summed E-state index contributed by atoms with van der Waals surface area (Å²) in [5, 5.41) is 0. The van der Waals surface area contributed by atoms with Crippen LogP contribution in [0.3, 0.4) is 0 Å². The molecule has 1 aromatic rings. The van der Waals surface area contributed by atoms with E-state index in [-0.39, 0.29) is 12.1 Å². The molecule has 17 heavy (non-hydrogen) atoms. The van der Waals surface area contributed by atoms with Gasteiger partial charge in [-0.05, 0) is 37.0 Å². The van der Waals surface area contributed by atoms with Crippen molar-refractivity contribution in [3.8, 4) is 0 Å². The van der Waals surface area contributed by atoms with E-state index in [2.05, 4.69) is 41.9 Å². The van der Waals surface area contributed by atoms with E-state index in [0.29, 0.717) is 5.92 Å². The average molecular weight is 300 g/mol. The predicted octanol–water partition coefficient (Wildman–Crippen LogP) is 3.90. The van der Waals surface area contributed by atoms with Gasteiger partial charge in [-0.3, -0.25) is 0 Å². The Balaban J connectivity index is 2.62. The minimum Gasteiger partial charge on any atom is -0.372 e. The number of benzene rings is 1. The minimum absolute atomic E-state index is 0.00309. The molecule has 0 aliphatic rings. The van der Waals surface area contributed by atoms with Crippen LogP contribution in [0.1, 0.15) is 38.9 Å². The molecule has 0 amide bonds. The van der Waals surface area contributed by atoms with E-state index in [4.69, 9.17) is 10.5 Å². The van der Waals surface area contributed by atoms with E-state index in [1.54, 1.807) is 0 Å². The molecule has 2 unspecified atom stereocenters. The lowest BCUT2D eigenvalue weighted by atomic mass is 10.0. The third-order valence-electron chi connectivity index (χ3n) is 2.67. The number of ether oxygens (including phenoxy) is 1. The van der Waals surface area contributed by atoms with Crippen LogP contribution in [0.15, 0.2) is 28.7 Å². The van der Waals surface area contributed by atoms with Crippen molar-refractivity contribution in [3.05, 3.63) is 34.3 Å². The molecule has 0 saturated carbocycles. The van der Waals surface area contributed by atoms with Crippen molar-refractivity contribution >= 4 is 15.9 Å². The van der Waals surface area contributed by atoms with E-state index in [0.717, 1.165) is 23.1 Å². The molecule has 0 aromatic heterocycles. The van der Waals surface area contributed by atoms with Crippen molar-refractivity contribution in [2.45, 2.75) is 39.3 Å². The van der Waals surface area contributed by atoms with Gasteiger partial charge in [-0.25, -0.2) is 0 Å². The second-order valence-electron chi connectivity index (χ2n) is 4.88. The number of halogens is 1. The maximum atomic E-state index is 5.99. The quantitative estimate of drug-likeness (QED) is 0.864. The molecular formula is C14H22BrNO. The molecular weight excluding hydrogens is 278 g/mol. The van der Waals surface area contributed by atoms with E-state index < -0.39 is 0 Å². The molecule has 0 bridgehead atoms. The Bertz CT molecular complexity index is 321. The minimum atomic E-state index is -0.0122. The fourth-order valence-electron chi connectivity index (χ4n) is 1.63. The highest BCUT2D eigenvalue weighted by molar-refractivity contribution is 9.10. The van der Waals surface area contributed by atoms with Crippen LogP contribution in [-0.4, -0.2) is 12.6 Å². The Morgan fingerprint density at radius 2 is 1.76 bits per heavy atom. The van der Waals surface area contributed by atoms with Crippen molar-refractivity contribution in [1.29, 1.82) is 0 Å². The highest BCUT2D eigenvalue weighted by Crippen LogP contribution is 2.23. The number of hydrogen-bond acceptors (Lipinski definition) is 2. The summed E-state index contributed by atoms with van der Waals surface area (Å²) in [6.07, 6.45) is 1.06. The van der Waals surface area contributed by atoms with Gasteiger partial charge in [-0.15, -0.1) is 0 Å². The van der Waals surface area contributed by atoms with Crippen molar-refractivity contribution in [1.82, 2.24) is 0 Å². The Labute approximate surface area is 113 Å². The predicted molar refractivity (Wildman–Crippen MR) is 75.9 cm³/mol. The van der Waals surface area contributed by atoms with E-state index in [9.17, 15) is 0 Å². The molecule has 2 nitrogen and oxygen atoms in total. The van der Waals surface area contributed by atoms with Crippen LogP contribution >= 0.6 is 15.9 Å². The summed E-state index contributed by atoms with van der Waals surface area (Å²) in [5.74, 6) is 0.661. The van der Waals surface area contributed by atoms with Gasteiger partial charge in [-0.1, -0.05) is 41.9 Å². The molecule has 0 aliphatic heterocycles. The van der Waals surface area contributed by atoms with Crippen molar-refractivity contribution in [3.63, 3.8) is 0 Å². The van der Waals surface area contributed by atoms with Gasteiger partial charge >= 0.3 is 0 Å². The lowest BCUT2D eigenvalue weighted by molar-refractivity contribution is 0.0321. The lowest BCUT2D eigenvalue weighted by Crippen LogP contribution is -2.27. The van der Waals surface area contributed by atoms with Gasteiger partial charge in [0.25, 0.3) is 0 Å². The van der Waals surface area contributed by atoms with Gasteiger partial charge in [0.1, 0.15) is 0 Å². The second kappa shape index (κ2) is 7.14. The highest BCUT2D eigenvalue weighted by atomic mass is 79.9. The summed E-state index contributed by atoms with van der Waals surface area (Å²) < 4.78 is 6.98. The third kappa shape index (κ3) is 5.19. The third-order valence-corrected chi connectivity index (χ3v) is 3.20. The standard InChI is InChI=1S/C14H22BrNO/c1-10(2)8-9-17-14(11(3)16)12-4-6-13(15)7-5-12/h4-7,10-11,14H,8-9,16H2,1-3H3. The van der Waals surface area contributed by atoms with Gasteiger partial charge in [-0.2, -0.15) is 0 Å². The zero-order valence-electron chi connectivity index (χ0n) is 10.8. The fourth-order valence-corrected chi connectivity index (χ4v) is 1.90. The molecule has 2 N–H and O–H groups in total. The molecule has 96 valence electrons. The van der Waals surface area contributed by atoms with Gasteiger partial charge in [0.15, 0.2) is 0 Å². The van der Waals surface area contributed by atoms with Gasteiger partial charge in [0, 0.05) is 17.1 Å². The SMILES string of the molecule is CC(C)CCOC(c1ccc(Br)cc1)C(C)N. The molecule has 0 saturated heterocycles. The smallest absolute Gasteiger partial charge is 0.0972 e. The first kappa shape index (κ1) is 14.7. The van der Waals surface area contributed by atoms with Crippen LogP contribution in [0.25, 0.3) is 0 Å². The first-order valence-electron chi connectivity index (χ1n) is 6.13. The summed E-state index contributed by atoms with van der Waals surface area (Å²) in [5.41, 5.74) is 7.13. The van der Waals surface area contributed by atoms with E-state index >= 15 is 0 Å². The van der Waals surface area contributed by atoms with Gasteiger partial charge < -0.3 is 10.5 Å². The molecule has 2 atom stereocenters. The van der Waals surface area contributed by atoms with Crippen molar-refractivity contribution < 1.29 is 4.74 Å². The number of hydrogen-bond donors (Lipinski definition) is 1. The molecule has 1 aromatic carbocycles. The van der Waals surface area contributed by atoms with Crippen LogP contribution in [-0.2, 0) is 4.74 Å². The summed E-state index contributed by atoms with van der Waals surface area (Å²) in [4.78, 5) is 0. The zero-order valence-corrected chi connectivity index (χ0v) is 12.4. The van der Waals surface area contributed by atoms with E-state index in [1.165, 1.54) is 0 Å². The summed E-state index contributed by atoms with van der Waals surface area (Å²) in [6.45, 7) is 7.15. The summed E-state index contributed by atoms with van der Waals surface area (Å²) >= 11 is 3.43. The van der Waals surface area contributed by atoms with Crippen molar-refractivity contribution in [2.24, 2.45) is 11.7 Å². The van der Waals surface area contributed by atoms with Crippen LogP contribution in [0.4, 0.5) is 0 Å². The largest absolute Gasteiger partial charge is 0.372 e. The molecule has 0 heterocycles. The fraction of sp³-hybridized carbons (Fsp3) is 0.571. The number of nitrogens with two attached hydrogens (primary N) is 1. The normalized spacial score (nSPS) is 14.9. The Hall–Kier alpha value is -0.380. The zero-order chi connectivity index (χ0) is 12.8. The summed E-state index contributed by atoms with van der Waals surface area (Å²) in [6, 6.07) is 8.18. The first-order valence-corrected chi connectivity index (χ1v) is 6.92. The second-order valence-corrected chi connectivity index (χ2v) is 5.80. The molecule has 1 rings (SSSR count). The number of rotatable bonds is 6. The molecule has 3 heteroatoms. The Morgan fingerprint density at radius 3 is 2.24 bits per heavy atom. The monoisotopic (exact) mass is 299 g/mol. The lowest BCUT2D eigenvalue weighted by Gasteiger charge is -2.22. The average Bonchev–Trinajstić information content (AvgIpc) is 2.25. The van der Waals surface area contributed by atoms with Crippen LogP contribution < -0.4 is 5.73 Å². The van der Waals surface area contributed by atoms with Crippen LogP contribution in [0, 0.1) is 5.92 Å². The topological polar surface area (TPSA) is 35.2 Å². The molecule has 0 aliphatic carbocycles. The molecule has 0 radical (unpaired) electrons. The maximum Gasteiger partial charge on any atom is 0.0972 e. The van der Waals surface area contributed by atoms with Crippen LogP contribution in [0.5, 0.6) is 0 Å². The molecule has 0 spiro atoms. The van der Waals surface area contributed by atoms with Crippen LogP contribution in [0.2, 0.25) is 0 Å². The Kier molecular flexibility index (Phi) is 6.17. The first-order chi connectivity index (χ1) is 8.00. The Morgan fingerprint density at radius 1 is 1.18 bits per heavy atom. The molecule has 0 fully saturated rings. The highest BCUT2D eigenvalue weighted by Gasteiger charge is 2.16. The van der Waals surface area contributed by atoms with E-state index in [1.807, 2.05) is 19.1 Å². The van der Waals surface area contributed by atoms with Gasteiger partial charge in [0.2, 0.25) is 0 Å². The van der Waals surface area contributed by atoms with Crippen molar-refractivity contribution in [2.75, 3.05) is 6.61 Å². The summed E-state index contributed by atoms with van der Waals surface area (Å²) in [7, 11) is 0. The van der Waals surface area contributed by atoms with Gasteiger partial charge in [0.05, 0.1) is 6.10 Å².